The van der Waals surface area contributed by atoms with Crippen molar-refractivity contribution in [3.8, 4) is 0 Å². The number of hydrogen-bond donors (Lipinski definition) is 0. The van der Waals surface area contributed by atoms with Gasteiger partial charge in [0.25, 0.3) is 5.56 Å². The van der Waals surface area contributed by atoms with E-state index in [2.05, 4.69) is 9.55 Å². The van der Waals surface area contributed by atoms with E-state index in [1.54, 1.807) is 35.5 Å². The maximum absolute atomic E-state index is 12.4. The van der Waals surface area contributed by atoms with Gasteiger partial charge in [-0.3, -0.25) is 9.20 Å². The molecule has 4 aromatic rings. The SMILES string of the molecule is COCCn1c(SCc2cc(=O)n3cc(C)ccc3n2)nc2cc(Cl)ccc21. The Morgan fingerprint density at radius 3 is 2.86 bits per heavy atom. The van der Waals surface area contributed by atoms with E-state index in [0.717, 1.165) is 27.4 Å². The molecular weight excluding hydrogens is 396 g/mol. The van der Waals surface area contributed by atoms with Gasteiger partial charge >= 0.3 is 0 Å². The molecule has 144 valence electrons. The maximum atomic E-state index is 12.4. The molecule has 8 heteroatoms. The van der Waals surface area contributed by atoms with E-state index in [0.29, 0.717) is 29.6 Å². The summed E-state index contributed by atoms with van der Waals surface area (Å²) in [5, 5.41) is 1.50. The average Bonchev–Trinajstić information content (AvgIpc) is 3.01. The molecule has 0 fully saturated rings. The number of pyridine rings is 1. The lowest BCUT2D eigenvalue weighted by Crippen LogP contribution is -2.15. The number of ether oxygens (including phenoxy) is 1. The molecule has 0 amide bonds. The average molecular weight is 415 g/mol. The quantitative estimate of drug-likeness (QED) is 0.447. The highest BCUT2D eigenvalue weighted by Crippen LogP contribution is 2.28. The Balaban J connectivity index is 1.66. The maximum Gasteiger partial charge on any atom is 0.258 e. The van der Waals surface area contributed by atoms with E-state index < -0.39 is 0 Å². The van der Waals surface area contributed by atoms with Crippen molar-refractivity contribution >= 4 is 40.0 Å². The van der Waals surface area contributed by atoms with Gasteiger partial charge in [-0.2, -0.15) is 0 Å². The standard InChI is InChI=1S/C20H19ClN4O2S/c1-13-3-6-18-22-15(10-19(26)25(18)11-13)12-28-20-23-16-9-14(21)4-5-17(16)24(20)7-8-27-2/h3-6,9-11H,7-8,12H2,1-2H3. The fourth-order valence-electron chi connectivity index (χ4n) is 3.06. The Morgan fingerprint density at radius 1 is 1.18 bits per heavy atom. The summed E-state index contributed by atoms with van der Waals surface area (Å²) in [6.07, 6.45) is 1.80. The summed E-state index contributed by atoms with van der Waals surface area (Å²) in [6.45, 7) is 3.22. The molecule has 1 aromatic carbocycles. The topological polar surface area (TPSA) is 61.4 Å². The van der Waals surface area contributed by atoms with Crippen molar-refractivity contribution in [1.29, 1.82) is 0 Å². The molecule has 0 N–H and O–H groups in total. The van der Waals surface area contributed by atoms with Crippen LogP contribution in [0.25, 0.3) is 16.7 Å². The molecule has 0 saturated carbocycles. The zero-order chi connectivity index (χ0) is 19.7. The van der Waals surface area contributed by atoms with Crippen LogP contribution in [0.5, 0.6) is 0 Å². The summed E-state index contributed by atoms with van der Waals surface area (Å²) < 4.78 is 8.92. The van der Waals surface area contributed by atoms with E-state index in [1.807, 2.05) is 37.3 Å². The fraction of sp³-hybridized carbons (Fsp3) is 0.250. The van der Waals surface area contributed by atoms with Gasteiger partial charge < -0.3 is 9.30 Å². The monoisotopic (exact) mass is 414 g/mol. The Bertz CT molecular complexity index is 1220. The van der Waals surface area contributed by atoms with Gasteiger partial charge in [0.15, 0.2) is 5.16 Å². The van der Waals surface area contributed by atoms with Crippen LogP contribution in [0.15, 0.2) is 52.5 Å². The van der Waals surface area contributed by atoms with Crippen molar-refractivity contribution in [2.75, 3.05) is 13.7 Å². The molecule has 0 atom stereocenters. The molecule has 28 heavy (non-hydrogen) atoms. The minimum absolute atomic E-state index is 0.0797. The van der Waals surface area contributed by atoms with Crippen LogP contribution in [0, 0.1) is 6.92 Å². The van der Waals surface area contributed by atoms with Gasteiger partial charge in [0.1, 0.15) is 5.65 Å². The Morgan fingerprint density at radius 2 is 2.04 bits per heavy atom. The summed E-state index contributed by atoms with van der Waals surface area (Å²) in [5.41, 5.74) is 4.16. The number of imidazole rings is 1. The molecule has 3 heterocycles. The predicted octanol–water partition coefficient (Wildman–Crippen LogP) is 3.94. The molecule has 0 aliphatic rings. The molecule has 0 bridgehead atoms. The molecular formula is C20H19ClN4O2S. The number of halogens is 1. The molecule has 0 radical (unpaired) electrons. The van der Waals surface area contributed by atoms with Crippen molar-refractivity contribution in [2.45, 2.75) is 24.4 Å². The Hall–Kier alpha value is -2.35. The third-order valence-corrected chi connectivity index (χ3v) is 5.65. The van der Waals surface area contributed by atoms with Crippen LogP contribution in [-0.4, -0.2) is 32.7 Å². The van der Waals surface area contributed by atoms with E-state index in [4.69, 9.17) is 21.3 Å². The first-order valence-electron chi connectivity index (χ1n) is 8.81. The van der Waals surface area contributed by atoms with Crippen LogP contribution < -0.4 is 5.56 Å². The first kappa shape index (κ1) is 19.0. The molecule has 0 spiro atoms. The van der Waals surface area contributed by atoms with Crippen molar-refractivity contribution in [2.24, 2.45) is 0 Å². The first-order valence-corrected chi connectivity index (χ1v) is 10.2. The minimum Gasteiger partial charge on any atom is -0.383 e. The minimum atomic E-state index is -0.0797. The molecule has 3 aromatic heterocycles. The van der Waals surface area contributed by atoms with E-state index in [9.17, 15) is 4.79 Å². The third-order valence-electron chi connectivity index (χ3n) is 4.40. The van der Waals surface area contributed by atoms with E-state index in [1.165, 1.54) is 0 Å². The zero-order valence-electron chi connectivity index (χ0n) is 15.6. The first-order chi connectivity index (χ1) is 13.5. The fourth-order valence-corrected chi connectivity index (χ4v) is 4.16. The highest BCUT2D eigenvalue weighted by atomic mass is 35.5. The van der Waals surface area contributed by atoms with Gasteiger partial charge in [-0.15, -0.1) is 0 Å². The predicted molar refractivity (Wildman–Crippen MR) is 112 cm³/mol. The van der Waals surface area contributed by atoms with Crippen molar-refractivity contribution < 1.29 is 4.74 Å². The summed E-state index contributed by atoms with van der Waals surface area (Å²) in [4.78, 5) is 21.7. The highest BCUT2D eigenvalue weighted by Gasteiger charge is 2.13. The van der Waals surface area contributed by atoms with Crippen LogP contribution in [0.2, 0.25) is 5.02 Å². The number of rotatable bonds is 6. The summed E-state index contributed by atoms with van der Waals surface area (Å²) in [6, 6.07) is 11.1. The lowest BCUT2D eigenvalue weighted by atomic mass is 10.3. The summed E-state index contributed by atoms with van der Waals surface area (Å²) in [5.74, 6) is 0.545. The molecule has 6 nitrogen and oxygen atoms in total. The molecule has 4 rings (SSSR count). The zero-order valence-corrected chi connectivity index (χ0v) is 17.1. The van der Waals surface area contributed by atoms with Crippen LogP contribution in [0.3, 0.4) is 0 Å². The number of aryl methyl sites for hydroxylation is 1. The van der Waals surface area contributed by atoms with Crippen LogP contribution in [0.1, 0.15) is 11.3 Å². The van der Waals surface area contributed by atoms with E-state index >= 15 is 0 Å². The number of methoxy groups -OCH3 is 1. The summed E-state index contributed by atoms with van der Waals surface area (Å²) in [7, 11) is 1.68. The largest absolute Gasteiger partial charge is 0.383 e. The number of thioether (sulfide) groups is 1. The van der Waals surface area contributed by atoms with Gasteiger partial charge in [-0.05, 0) is 36.8 Å². The third kappa shape index (κ3) is 3.78. The van der Waals surface area contributed by atoms with Gasteiger partial charge in [0.05, 0.1) is 23.3 Å². The van der Waals surface area contributed by atoms with Crippen LogP contribution >= 0.6 is 23.4 Å². The van der Waals surface area contributed by atoms with Crippen molar-refractivity contribution in [1.82, 2.24) is 18.9 Å². The van der Waals surface area contributed by atoms with Crippen LogP contribution in [-0.2, 0) is 17.0 Å². The molecule has 0 saturated heterocycles. The second-order valence-electron chi connectivity index (χ2n) is 6.48. The smallest absolute Gasteiger partial charge is 0.258 e. The Labute approximate surface area is 171 Å². The number of nitrogens with zero attached hydrogens (tertiary/aromatic N) is 4. The van der Waals surface area contributed by atoms with Gasteiger partial charge in [-0.1, -0.05) is 29.4 Å². The second-order valence-corrected chi connectivity index (χ2v) is 7.86. The molecule has 0 unspecified atom stereocenters. The van der Waals surface area contributed by atoms with Gasteiger partial charge in [0.2, 0.25) is 0 Å². The van der Waals surface area contributed by atoms with Gasteiger partial charge in [0, 0.05) is 36.7 Å². The molecule has 0 aliphatic heterocycles. The summed E-state index contributed by atoms with van der Waals surface area (Å²) >= 11 is 7.66. The van der Waals surface area contributed by atoms with Crippen molar-refractivity contribution in [3.63, 3.8) is 0 Å². The van der Waals surface area contributed by atoms with E-state index in [-0.39, 0.29) is 5.56 Å². The lowest BCUT2D eigenvalue weighted by Gasteiger charge is -2.08. The van der Waals surface area contributed by atoms with Gasteiger partial charge in [-0.25, -0.2) is 9.97 Å². The van der Waals surface area contributed by atoms with Crippen molar-refractivity contribution in [3.05, 3.63) is 69.2 Å². The number of aromatic nitrogens is 4. The number of benzene rings is 1. The van der Waals surface area contributed by atoms with Crippen LogP contribution in [0.4, 0.5) is 0 Å². The molecule has 0 aliphatic carbocycles. The number of hydrogen-bond acceptors (Lipinski definition) is 5. The highest BCUT2D eigenvalue weighted by molar-refractivity contribution is 7.98. The lowest BCUT2D eigenvalue weighted by molar-refractivity contribution is 0.186. The Kier molecular flexibility index (Phi) is 5.39. The second kappa shape index (κ2) is 7.95. The number of fused-ring (bicyclic) bond motifs is 2. The normalized spacial score (nSPS) is 11.5.